The molecule has 0 aliphatic heterocycles. The second-order valence-corrected chi connectivity index (χ2v) is 2.51. The minimum absolute atomic E-state index is 0.205. The van der Waals surface area contributed by atoms with E-state index in [0.29, 0.717) is 11.3 Å². The van der Waals surface area contributed by atoms with Gasteiger partial charge in [0.05, 0.1) is 0 Å². The van der Waals surface area contributed by atoms with Crippen LogP contribution in [-0.2, 0) is 4.79 Å². The van der Waals surface area contributed by atoms with Gasteiger partial charge < -0.3 is 5.32 Å². The molecule has 0 aliphatic rings. The van der Waals surface area contributed by atoms with E-state index in [1.165, 1.54) is 13.0 Å². The van der Waals surface area contributed by atoms with Crippen molar-refractivity contribution in [2.45, 2.75) is 13.8 Å². The van der Waals surface area contributed by atoms with E-state index >= 15 is 0 Å². The normalized spacial score (nSPS) is 9.58. The number of halogens is 1. The SMILES string of the molecule is CC(=O)Nc1cc[c]c(F)c1C. The van der Waals surface area contributed by atoms with E-state index in [0.717, 1.165) is 0 Å². The Balaban J connectivity index is 3.00. The number of rotatable bonds is 1. The van der Waals surface area contributed by atoms with Gasteiger partial charge in [-0.25, -0.2) is 4.39 Å². The topological polar surface area (TPSA) is 29.1 Å². The van der Waals surface area contributed by atoms with Gasteiger partial charge in [-0.2, -0.15) is 0 Å². The first-order chi connectivity index (χ1) is 5.61. The van der Waals surface area contributed by atoms with Gasteiger partial charge in [0.25, 0.3) is 0 Å². The summed E-state index contributed by atoms with van der Waals surface area (Å²) in [5.74, 6) is -0.634. The van der Waals surface area contributed by atoms with Gasteiger partial charge in [-0.15, -0.1) is 0 Å². The Labute approximate surface area is 70.4 Å². The average Bonchev–Trinajstić information content (AvgIpc) is 1.98. The lowest BCUT2D eigenvalue weighted by molar-refractivity contribution is -0.114. The Morgan fingerprint density at radius 2 is 2.33 bits per heavy atom. The Hall–Kier alpha value is -1.38. The summed E-state index contributed by atoms with van der Waals surface area (Å²) in [6.45, 7) is 2.98. The second kappa shape index (κ2) is 3.34. The van der Waals surface area contributed by atoms with Crippen molar-refractivity contribution >= 4 is 11.6 Å². The number of carbonyl (C=O) groups is 1. The fourth-order valence-corrected chi connectivity index (χ4v) is 0.875. The van der Waals surface area contributed by atoms with Gasteiger partial charge in [0, 0.05) is 24.2 Å². The second-order valence-electron chi connectivity index (χ2n) is 2.51. The fourth-order valence-electron chi connectivity index (χ4n) is 0.875. The predicted molar refractivity (Wildman–Crippen MR) is 44.3 cm³/mol. The molecule has 0 spiro atoms. The van der Waals surface area contributed by atoms with Gasteiger partial charge in [-0.1, -0.05) is 0 Å². The Morgan fingerprint density at radius 1 is 1.67 bits per heavy atom. The highest BCUT2D eigenvalue weighted by molar-refractivity contribution is 5.89. The molecule has 0 aliphatic carbocycles. The van der Waals surface area contributed by atoms with E-state index in [1.54, 1.807) is 13.0 Å². The molecule has 0 saturated carbocycles. The first kappa shape index (κ1) is 8.71. The van der Waals surface area contributed by atoms with Crippen molar-refractivity contribution in [3.8, 4) is 0 Å². The number of nitrogens with one attached hydrogen (secondary N) is 1. The first-order valence-corrected chi connectivity index (χ1v) is 3.55. The fraction of sp³-hybridized carbons (Fsp3) is 0.222. The largest absolute Gasteiger partial charge is 0.326 e. The zero-order valence-corrected chi connectivity index (χ0v) is 6.94. The van der Waals surface area contributed by atoms with E-state index in [4.69, 9.17) is 0 Å². The van der Waals surface area contributed by atoms with Crippen molar-refractivity contribution in [2.75, 3.05) is 5.32 Å². The molecule has 0 heterocycles. The third-order valence-corrected chi connectivity index (χ3v) is 1.50. The average molecular weight is 166 g/mol. The van der Waals surface area contributed by atoms with Gasteiger partial charge in [-0.05, 0) is 19.1 Å². The van der Waals surface area contributed by atoms with Gasteiger partial charge in [-0.3, -0.25) is 4.79 Å². The Kier molecular flexibility index (Phi) is 2.43. The molecule has 12 heavy (non-hydrogen) atoms. The molecule has 0 unspecified atom stereocenters. The Morgan fingerprint density at radius 3 is 2.92 bits per heavy atom. The molecule has 0 saturated heterocycles. The van der Waals surface area contributed by atoms with E-state index < -0.39 is 5.82 Å². The zero-order valence-electron chi connectivity index (χ0n) is 6.94. The van der Waals surface area contributed by atoms with Crippen LogP contribution in [0.5, 0.6) is 0 Å². The van der Waals surface area contributed by atoms with Crippen LogP contribution >= 0.6 is 0 Å². The molecule has 1 rings (SSSR count). The smallest absolute Gasteiger partial charge is 0.221 e. The van der Waals surface area contributed by atoms with Crippen LogP contribution in [-0.4, -0.2) is 5.91 Å². The molecular weight excluding hydrogens is 157 g/mol. The summed E-state index contributed by atoms with van der Waals surface area (Å²) in [5, 5.41) is 2.51. The van der Waals surface area contributed by atoms with Crippen molar-refractivity contribution in [2.24, 2.45) is 0 Å². The lowest BCUT2D eigenvalue weighted by Crippen LogP contribution is -2.07. The number of amides is 1. The monoisotopic (exact) mass is 166 g/mol. The Bertz CT molecular complexity index is 309. The van der Waals surface area contributed by atoms with Gasteiger partial charge in [0.2, 0.25) is 5.91 Å². The quantitative estimate of drug-likeness (QED) is 0.678. The third kappa shape index (κ3) is 1.81. The van der Waals surface area contributed by atoms with Crippen molar-refractivity contribution < 1.29 is 9.18 Å². The summed E-state index contributed by atoms with van der Waals surface area (Å²) in [4.78, 5) is 10.6. The summed E-state index contributed by atoms with van der Waals surface area (Å²) >= 11 is 0. The lowest BCUT2D eigenvalue weighted by Gasteiger charge is -2.05. The van der Waals surface area contributed by atoms with Gasteiger partial charge >= 0.3 is 0 Å². The molecule has 1 aromatic carbocycles. The number of hydrogen-bond acceptors (Lipinski definition) is 1. The maximum Gasteiger partial charge on any atom is 0.221 e. The number of anilines is 1. The molecule has 3 heteroatoms. The maximum absolute atomic E-state index is 12.8. The summed E-state index contributed by atoms with van der Waals surface area (Å²) in [6.07, 6.45) is 0. The number of hydrogen-bond donors (Lipinski definition) is 1. The van der Waals surface area contributed by atoms with E-state index in [2.05, 4.69) is 11.4 Å². The molecule has 0 aromatic heterocycles. The summed E-state index contributed by atoms with van der Waals surface area (Å²) in [7, 11) is 0. The summed E-state index contributed by atoms with van der Waals surface area (Å²) in [5.41, 5.74) is 0.909. The van der Waals surface area contributed by atoms with Crippen molar-refractivity contribution in [1.82, 2.24) is 0 Å². The van der Waals surface area contributed by atoms with Crippen molar-refractivity contribution in [3.05, 3.63) is 29.6 Å². The standard InChI is InChI=1S/C9H9FNO/c1-6-8(10)4-3-5-9(6)11-7(2)12/h3,5H,1-2H3,(H,11,12). The minimum atomic E-state index is -0.429. The highest BCUT2D eigenvalue weighted by Crippen LogP contribution is 2.16. The van der Waals surface area contributed by atoms with Gasteiger partial charge in [0.15, 0.2) is 0 Å². The molecule has 2 nitrogen and oxygen atoms in total. The molecule has 0 atom stereocenters. The maximum atomic E-state index is 12.8. The van der Waals surface area contributed by atoms with Crippen LogP contribution in [0.25, 0.3) is 0 Å². The van der Waals surface area contributed by atoms with Crippen LogP contribution in [0.3, 0.4) is 0 Å². The summed E-state index contributed by atoms with van der Waals surface area (Å²) < 4.78 is 12.8. The van der Waals surface area contributed by atoms with Crippen molar-refractivity contribution in [1.29, 1.82) is 0 Å². The van der Waals surface area contributed by atoms with E-state index in [9.17, 15) is 9.18 Å². The first-order valence-electron chi connectivity index (χ1n) is 3.55. The van der Waals surface area contributed by atoms with Crippen LogP contribution < -0.4 is 5.32 Å². The molecule has 1 radical (unpaired) electrons. The molecule has 63 valence electrons. The van der Waals surface area contributed by atoms with Gasteiger partial charge in [0.1, 0.15) is 5.82 Å². The molecule has 0 bridgehead atoms. The molecule has 1 aromatic rings. The zero-order chi connectivity index (χ0) is 9.14. The van der Waals surface area contributed by atoms with Crippen LogP contribution in [0.4, 0.5) is 10.1 Å². The lowest BCUT2D eigenvalue weighted by atomic mass is 10.2. The summed E-state index contributed by atoms with van der Waals surface area (Å²) in [6, 6.07) is 5.44. The van der Waals surface area contributed by atoms with Crippen LogP contribution in [0.2, 0.25) is 0 Å². The number of benzene rings is 1. The molecular formula is C9H9FNO. The highest BCUT2D eigenvalue weighted by atomic mass is 19.1. The van der Waals surface area contributed by atoms with Crippen LogP contribution in [0.1, 0.15) is 12.5 Å². The van der Waals surface area contributed by atoms with E-state index in [-0.39, 0.29) is 5.91 Å². The van der Waals surface area contributed by atoms with Crippen LogP contribution in [0, 0.1) is 18.8 Å². The predicted octanol–water partition coefficient (Wildman–Crippen LogP) is 1.89. The molecule has 0 fully saturated rings. The molecule has 1 N–H and O–H groups in total. The van der Waals surface area contributed by atoms with E-state index in [1.807, 2.05) is 0 Å². The minimum Gasteiger partial charge on any atom is -0.326 e. The van der Waals surface area contributed by atoms with Crippen LogP contribution in [0.15, 0.2) is 12.1 Å². The third-order valence-electron chi connectivity index (χ3n) is 1.50. The highest BCUT2D eigenvalue weighted by Gasteiger charge is 2.03. The molecule has 1 amide bonds. The van der Waals surface area contributed by atoms with Crippen molar-refractivity contribution in [3.63, 3.8) is 0 Å². The number of carbonyl (C=O) groups excluding carboxylic acids is 1.